The second kappa shape index (κ2) is 6.53. The SMILES string of the molecule is O=C(Nc1cccc(-c2nc3ccccc3[nH]2)c1)c1ccc(Br)cc1. The fraction of sp³-hybridized carbons (Fsp3) is 0. The van der Waals surface area contributed by atoms with Crippen LogP contribution in [0.3, 0.4) is 0 Å². The minimum atomic E-state index is -0.144. The summed E-state index contributed by atoms with van der Waals surface area (Å²) in [6, 6.07) is 22.8. The van der Waals surface area contributed by atoms with Gasteiger partial charge < -0.3 is 10.3 Å². The molecule has 0 unspecified atom stereocenters. The van der Waals surface area contributed by atoms with Crippen molar-refractivity contribution in [3.8, 4) is 11.4 Å². The van der Waals surface area contributed by atoms with Crippen molar-refractivity contribution >= 4 is 38.6 Å². The molecule has 0 spiro atoms. The average molecular weight is 392 g/mol. The number of benzene rings is 3. The third-order valence-corrected chi connectivity index (χ3v) is 4.42. The van der Waals surface area contributed by atoms with Gasteiger partial charge in [0.25, 0.3) is 5.91 Å². The summed E-state index contributed by atoms with van der Waals surface area (Å²) in [6.45, 7) is 0. The molecule has 0 fully saturated rings. The predicted octanol–water partition coefficient (Wildman–Crippen LogP) is 5.24. The number of fused-ring (bicyclic) bond motifs is 1. The molecule has 4 aromatic rings. The van der Waals surface area contributed by atoms with Crippen molar-refractivity contribution in [2.75, 3.05) is 5.32 Å². The second-order valence-electron chi connectivity index (χ2n) is 5.64. The van der Waals surface area contributed by atoms with E-state index in [1.54, 1.807) is 12.1 Å². The quantitative estimate of drug-likeness (QED) is 0.501. The molecule has 0 aliphatic rings. The summed E-state index contributed by atoms with van der Waals surface area (Å²) < 4.78 is 0.941. The molecule has 4 nitrogen and oxygen atoms in total. The van der Waals surface area contributed by atoms with E-state index in [-0.39, 0.29) is 5.91 Å². The lowest BCUT2D eigenvalue weighted by atomic mass is 10.1. The Bertz CT molecular complexity index is 1020. The second-order valence-corrected chi connectivity index (χ2v) is 6.56. The largest absolute Gasteiger partial charge is 0.338 e. The molecule has 2 N–H and O–H groups in total. The smallest absolute Gasteiger partial charge is 0.255 e. The number of hydrogen-bond donors (Lipinski definition) is 2. The lowest BCUT2D eigenvalue weighted by Crippen LogP contribution is -2.11. The van der Waals surface area contributed by atoms with Gasteiger partial charge in [0.1, 0.15) is 5.82 Å². The number of aromatic amines is 1. The van der Waals surface area contributed by atoms with Crippen LogP contribution in [-0.4, -0.2) is 15.9 Å². The zero-order valence-electron chi connectivity index (χ0n) is 13.2. The van der Waals surface area contributed by atoms with Crippen molar-refractivity contribution in [2.24, 2.45) is 0 Å². The van der Waals surface area contributed by atoms with Crippen LogP contribution in [0.2, 0.25) is 0 Å². The summed E-state index contributed by atoms with van der Waals surface area (Å²) in [6.07, 6.45) is 0. The first-order chi connectivity index (χ1) is 12.2. The number of para-hydroxylation sites is 2. The van der Waals surface area contributed by atoms with E-state index in [1.807, 2.05) is 60.7 Å². The number of rotatable bonds is 3. The molecule has 1 aromatic heterocycles. The molecule has 122 valence electrons. The maximum atomic E-state index is 12.4. The van der Waals surface area contributed by atoms with Gasteiger partial charge in [0.2, 0.25) is 0 Å². The van der Waals surface area contributed by atoms with Crippen molar-refractivity contribution in [2.45, 2.75) is 0 Å². The van der Waals surface area contributed by atoms with Crippen LogP contribution in [0.15, 0.2) is 77.3 Å². The molecular formula is C20H14BrN3O. The highest BCUT2D eigenvalue weighted by Crippen LogP contribution is 2.23. The highest BCUT2D eigenvalue weighted by atomic mass is 79.9. The summed E-state index contributed by atoms with van der Waals surface area (Å²) in [5, 5.41) is 2.93. The number of anilines is 1. The minimum Gasteiger partial charge on any atom is -0.338 e. The van der Waals surface area contributed by atoms with Crippen molar-refractivity contribution in [1.29, 1.82) is 0 Å². The van der Waals surface area contributed by atoms with Crippen LogP contribution in [0, 0.1) is 0 Å². The fourth-order valence-electron chi connectivity index (χ4n) is 2.64. The number of nitrogens with one attached hydrogen (secondary N) is 2. The predicted molar refractivity (Wildman–Crippen MR) is 104 cm³/mol. The lowest BCUT2D eigenvalue weighted by molar-refractivity contribution is 0.102. The maximum absolute atomic E-state index is 12.4. The van der Waals surface area contributed by atoms with Gasteiger partial charge in [0, 0.05) is 21.3 Å². The molecule has 0 radical (unpaired) electrons. The van der Waals surface area contributed by atoms with Gasteiger partial charge in [-0.3, -0.25) is 4.79 Å². The summed E-state index contributed by atoms with van der Waals surface area (Å²) in [7, 11) is 0. The monoisotopic (exact) mass is 391 g/mol. The van der Waals surface area contributed by atoms with Crippen molar-refractivity contribution in [3.63, 3.8) is 0 Å². The fourth-order valence-corrected chi connectivity index (χ4v) is 2.90. The first-order valence-electron chi connectivity index (χ1n) is 7.81. The molecule has 1 amide bonds. The van der Waals surface area contributed by atoms with Gasteiger partial charge in [-0.15, -0.1) is 0 Å². The number of aromatic nitrogens is 2. The molecule has 4 rings (SSSR count). The van der Waals surface area contributed by atoms with E-state index in [2.05, 4.69) is 31.2 Å². The van der Waals surface area contributed by atoms with Gasteiger partial charge in [-0.2, -0.15) is 0 Å². The van der Waals surface area contributed by atoms with Gasteiger partial charge in [-0.05, 0) is 48.5 Å². The molecule has 0 aliphatic heterocycles. The molecule has 1 heterocycles. The Balaban J connectivity index is 1.60. The van der Waals surface area contributed by atoms with E-state index in [1.165, 1.54) is 0 Å². The van der Waals surface area contributed by atoms with Crippen LogP contribution in [-0.2, 0) is 0 Å². The van der Waals surface area contributed by atoms with E-state index < -0.39 is 0 Å². The molecule has 25 heavy (non-hydrogen) atoms. The Hall–Kier alpha value is -2.92. The van der Waals surface area contributed by atoms with E-state index in [0.717, 1.165) is 32.6 Å². The number of carbonyl (C=O) groups excluding carboxylic acids is 1. The van der Waals surface area contributed by atoms with Gasteiger partial charge in [0.15, 0.2) is 0 Å². The first-order valence-corrected chi connectivity index (χ1v) is 8.60. The molecule has 0 atom stereocenters. The Kier molecular flexibility index (Phi) is 4.07. The van der Waals surface area contributed by atoms with Crippen molar-refractivity contribution in [1.82, 2.24) is 9.97 Å². The Morgan fingerprint density at radius 1 is 0.960 bits per heavy atom. The number of H-pyrrole nitrogens is 1. The Labute approximate surface area is 153 Å². The van der Waals surface area contributed by atoms with Crippen molar-refractivity contribution in [3.05, 3.63) is 82.8 Å². The number of halogens is 1. The Morgan fingerprint density at radius 3 is 2.56 bits per heavy atom. The van der Waals surface area contributed by atoms with Gasteiger partial charge >= 0.3 is 0 Å². The van der Waals surface area contributed by atoms with Crippen LogP contribution < -0.4 is 5.32 Å². The van der Waals surface area contributed by atoms with Crippen LogP contribution in [0.1, 0.15) is 10.4 Å². The topological polar surface area (TPSA) is 57.8 Å². The van der Waals surface area contributed by atoms with Gasteiger partial charge in [-0.1, -0.05) is 40.2 Å². The molecule has 0 aliphatic carbocycles. The normalized spacial score (nSPS) is 10.8. The summed E-state index contributed by atoms with van der Waals surface area (Å²) in [4.78, 5) is 20.3. The van der Waals surface area contributed by atoms with Crippen LogP contribution in [0.25, 0.3) is 22.4 Å². The summed E-state index contributed by atoms with van der Waals surface area (Å²) in [5.41, 5.74) is 4.16. The van der Waals surface area contributed by atoms with E-state index >= 15 is 0 Å². The summed E-state index contributed by atoms with van der Waals surface area (Å²) in [5.74, 6) is 0.634. The molecule has 5 heteroatoms. The molecule has 0 saturated heterocycles. The van der Waals surface area contributed by atoms with E-state index in [0.29, 0.717) is 5.56 Å². The molecule has 0 bridgehead atoms. The first kappa shape index (κ1) is 15.6. The zero-order chi connectivity index (χ0) is 17.2. The highest BCUT2D eigenvalue weighted by Gasteiger charge is 2.09. The maximum Gasteiger partial charge on any atom is 0.255 e. The summed E-state index contributed by atoms with van der Waals surface area (Å²) >= 11 is 3.37. The van der Waals surface area contributed by atoms with E-state index in [4.69, 9.17) is 0 Å². The number of imidazole rings is 1. The lowest BCUT2D eigenvalue weighted by Gasteiger charge is -2.07. The third kappa shape index (κ3) is 3.32. The van der Waals surface area contributed by atoms with Crippen molar-refractivity contribution < 1.29 is 4.79 Å². The Morgan fingerprint density at radius 2 is 1.76 bits per heavy atom. The molecular weight excluding hydrogens is 378 g/mol. The number of amides is 1. The van der Waals surface area contributed by atoms with Crippen LogP contribution >= 0.6 is 15.9 Å². The van der Waals surface area contributed by atoms with Gasteiger partial charge in [-0.25, -0.2) is 4.98 Å². The third-order valence-electron chi connectivity index (χ3n) is 3.89. The molecule has 0 saturated carbocycles. The van der Waals surface area contributed by atoms with Crippen LogP contribution in [0.5, 0.6) is 0 Å². The minimum absolute atomic E-state index is 0.144. The standard InChI is InChI=1S/C20H14BrN3O/c21-15-10-8-13(9-11-15)20(25)22-16-5-3-4-14(12-16)19-23-17-6-1-2-7-18(17)24-19/h1-12H,(H,22,25)(H,23,24). The number of nitrogens with zero attached hydrogens (tertiary/aromatic N) is 1. The van der Waals surface area contributed by atoms with Gasteiger partial charge in [0.05, 0.1) is 11.0 Å². The van der Waals surface area contributed by atoms with E-state index in [9.17, 15) is 4.79 Å². The molecule has 3 aromatic carbocycles. The number of carbonyl (C=O) groups is 1. The zero-order valence-corrected chi connectivity index (χ0v) is 14.7. The average Bonchev–Trinajstić information content (AvgIpc) is 3.07. The number of hydrogen-bond acceptors (Lipinski definition) is 2. The highest BCUT2D eigenvalue weighted by molar-refractivity contribution is 9.10. The van der Waals surface area contributed by atoms with Crippen LogP contribution in [0.4, 0.5) is 5.69 Å².